The number of nitrogens with zero attached hydrogens (tertiary/aromatic N) is 4. The van der Waals surface area contributed by atoms with Crippen molar-refractivity contribution >= 4 is 17.3 Å². The third kappa shape index (κ3) is 2.73. The molecule has 2 aromatic heterocycles. The lowest BCUT2D eigenvalue weighted by molar-refractivity contribution is -0.386. The molecule has 0 atom stereocenters. The molecule has 0 aliphatic rings. The molecule has 0 aliphatic carbocycles. The zero-order chi connectivity index (χ0) is 12.3. The molecule has 0 amide bonds. The second-order valence-corrected chi connectivity index (χ2v) is 3.56. The van der Waals surface area contributed by atoms with Crippen molar-refractivity contribution in [3.63, 3.8) is 0 Å². The minimum atomic E-state index is -0.533. The molecule has 0 aliphatic heterocycles. The lowest BCUT2D eigenvalue weighted by Crippen LogP contribution is -2.02. The van der Waals surface area contributed by atoms with Crippen LogP contribution < -0.4 is 0 Å². The molecule has 17 heavy (non-hydrogen) atoms. The average Bonchev–Trinajstić information content (AvgIpc) is 2.30. The third-order valence-corrected chi connectivity index (χ3v) is 2.27. The molecule has 2 heterocycles. The van der Waals surface area contributed by atoms with Crippen LogP contribution in [-0.2, 0) is 6.42 Å². The van der Waals surface area contributed by atoms with Gasteiger partial charge in [0.15, 0.2) is 0 Å². The summed E-state index contributed by atoms with van der Waals surface area (Å²) in [6.07, 6.45) is 2.97. The van der Waals surface area contributed by atoms with E-state index in [1.165, 1.54) is 0 Å². The largest absolute Gasteiger partial charge is 0.309 e. The first-order chi connectivity index (χ1) is 8.16. The number of aromatic nitrogens is 3. The maximum Gasteiger partial charge on any atom is 0.309 e. The van der Waals surface area contributed by atoms with Crippen LogP contribution >= 0.6 is 11.6 Å². The van der Waals surface area contributed by atoms with E-state index in [2.05, 4.69) is 15.0 Å². The van der Waals surface area contributed by atoms with Gasteiger partial charge >= 0.3 is 5.69 Å². The molecule has 0 unspecified atom stereocenters. The van der Waals surface area contributed by atoms with Crippen LogP contribution in [0.1, 0.15) is 11.4 Å². The smallest absolute Gasteiger partial charge is 0.261 e. The highest BCUT2D eigenvalue weighted by atomic mass is 35.5. The summed E-state index contributed by atoms with van der Waals surface area (Å²) in [4.78, 5) is 21.8. The summed E-state index contributed by atoms with van der Waals surface area (Å²) in [5, 5.41) is 10.8. The Labute approximate surface area is 101 Å². The minimum Gasteiger partial charge on any atom is -0.261 e. The first kappa shape index (κ1) is 11.4. The second-order valence-electron chi connectivity index (χ2n) is 3.23. The van der Waals surface area contributed by atoms with Crippen molar-refractivity contribution in [2.45, 2.75) is 6.42 Å². The van der Waals surface area contributed by atoms with Gasteiger partial charge in [0.1, 0.15) is 11.9 Å². The van der Waals surface area contributed by atoms with Gasteiger partial charge in [0, 0.05) is 18.3 Å². The Morgan fingerprint density at radius 2 is 2.18 bits per heavy atom. The van der Waals surface area contributed by atoms with Crippen molar-refractivity contribution in [3.05, 3.63) is 57.4 Å². The number of hydrogen-bond acceptors (Lipinski definition) is 5. The summed E-state index contributed by atoms with van der Waals surface area (Å²) in [6, 6.07) is 5.33. The van der Waals surface area contributed by atoms with Gasteiger partial charge in [-0.15, -0.1) is 0 Å². The van der Waals surface area contributed by atoms with Gasteiger partial charge in [-0.2, -0.15) is 0 Å². The lowest BCUT2D eigenvalue weighted by Gasteiger charge is -2.01. The van der Waals surface area contributed by atoms with E-state index in [1.54, 1.807) is 24.4 Å². The van der Waals surface area contributed by atoms with Crippen molar-refractivity contribution in [3.8, 4) is 0 Å². The molecule has 0 saturated carbocycles. The van der Waals surface area contributed by atoms with Gasteiger partial charge in [0.25, 0.3) is 0 Å². The number of hydrogen-bond donors (Lipinski definition) is 0. The first-order valence-electron chi connectivity index (χ1n) is 4.72. The highest BCUT2D eigenvalue weighted by Crippen LogP contribution is 2.19. The fourth-order valence-corrected chi connectivity index (χ4v) is 1.49. The predicted octanol–water partition coefficient (Wildman–Crippen LogP) is 2.02. The van der Waals surface area contributed by atoms with Crippen LogP contribution in [0.4, 0.5) is 5.69 Å². The van der Waals surface area contributed by atoms with Crippen LogP contribution in [0, 0.1) is 10.1 Å². The van der Waals surface area contributed by atoms with E-state index in [0.717, 1.165) is 6.20 Å². The highest BCUT2D eigenvalue weighted by Gasteiger charge is 2.17. The molecule has 86 valence electrons. The molecule has 0 fully saturated rings. The van der Waals surface area contributed by atoms with E-state index in [9.17, 15) is 10.1 Å². The molecule has 0 saturated heterocycles. The van der Waals surface area contributed by atoms with E-state index in [-0.39, 0.29) is 23.1 Å². The van der Waals surface area contributed by atoms with E-state index < -0.39 is 4.92 Å². The molecule has 2 rings (SSSR count). The van der Waals surface area contributed by atoms with Crippen LogP contribution in [0.25, 0.3) is 0 Å². The monoisotopic (exact) mass is 250 g/mol. The van der Waals surface area contributed by atoms with Gasteiger partial charge in [0.05, 0.1) is 4.92 Å². The second kappa shape index (κ2) is 4.84. The summed E-state index contributed by atoms with van der Waals surface area (Å²) in [6.45, 7) is 0. The normalized spacial score (nSPS) is 10.2. The van der Waals surface area contributed by atoms with Crippen LogP contribution in [0.5, 0.6) is 0 Å². The quantitative estimate of drug-likeness (QED) is 0.473. The van der Waals surface area contributed by atoms with Crippen LogP contribution in [-0.4, -0.2) is 19.9 Å². The first-order valence-corrected chi connectivity index (χ1v) is 5.10. The maximum absolute atomic E-state index is 10.8. The van der Waals surface area contributed by atoms with Crippen LogP contribution in [0.3, 0.4) is 0 Å². The number of pyridine rings is 1. The summed E-state index contributed by atoms with van der Waals surface area (Å²) < 4.78 is 0. The molecule has 0 radical (unpaired) electrons. The topological polar surface area (TPSA) is 81.8 Å². The summed E-state index contributed by atoms with van der Waals surface area (Å²) >= 11 is 5.62. The Kier molecular flexibility index (Phi) is 3.24. The van der Waals surface area contributed by atoms with Crippen LogP contribution in [0.2, 0.25) is 5.28 Å². The minimum absolute atomic E-state index is 0.0125. The molecule has 0 N–H and O–H groups in total. The number of nitro groups is 1. The van der Waals surface area contributed by atoms with E-state index in [1.807, 2.05) is 0 Å². The van der Waals surface area contributed by atoms with Crippen molar-refractivity contribution < 1.29 is 4.92 Å². The predicted molar refractivity (Wildman–Crippen MR) is 60.7 cm³/mol. The SMILES string of the molecule is O=[N+]([O-])c1cnc(Cl)nc1Cc1ccccn1. The van der Waals surface area contributed by atoms with E-state index in [0.29, 0.717) is 5.69 Å². The third-order valence-electron chi connectivity index (χ3n) is 2.09. The molecular formula is C10H7ClN4O2. The van der Waals surface area contributed by atoms with Gasteiger partial charge in [-0.25, -0.2) is 9.97 Å². The Morgan fingerprint density at radius 3 is 2.82 bits per heavy atom. The summed E-state index contributed by atoms with van der Waals surface area (Å²) in [5.74, 6) is 0. The Hall–Kier alpha value is -2.08. The lowest BCUT2D eigenvalue weighted by atomic mass is 10.2. The fraction of sp³-hybridized carbons (Fsp3) is 0.100. The van der Waals surface area contributed by atoms with Crippen molar-refractivity contribution in [1.29, 1.82) is 0 Å². The summed E-state index contributed by atoms with van der Waals surface area (Å²) in [5.41, 5.74) is 0.791. The van der Waals surface area contributed by atoms with Gasteiger partial charge in [-0.3, -0.25) is 15.1 Å². The Bertz CT molecular complexity index is 547. The molecule has 0 aromatic carbocycles. The zero-order valence-electron chi connectivity index (χ0n) is 8.58. The Morgan fingerprint density at radius 1 is 1.35 bits per heavy atom. The standard InChI is InChI=1S/C10H7ClN4O2/c11-10-13-6-9(15(16)17)8(14-10)5-7-3-1-2-4-12-7/h1-4,6H,5H2. The molecule has 7 heteroatoms. The number of halogens is 1. The van der Waals surface area contributed by atoms with Crippen LogP contribution in [0.15, 0.2) is 30.6 Å². The molecule has 2 aromatic rings. The van der Waals surface area contributed by atoms with Gasteiger partial charge in [-0.1, -0.05) is 6.07 Å². The maximum atomic E-state index is 10.8. The van der Waals surface area contributed by atoms with Crippen molar-refractivity contribution in [1.82, 2.24) is 15.0 Å². The van der Waals surface area contributed by atoms with E-state index in [4.69, 9.17) is 11.6 Å². The number of rotatable bonds is 3. The molecule has 0 spiro atoms. The average molecular weight is 251 g/mol. The van der Waals surface area contributed by atoms with Gasteiger partial charge in [0.2, 0.25) is 5.28 Å². The highest BCUT2D eigenvalue weighted by molar-refractivity contribution is 6.28. The summed E-state index contributed by atoms with van der Waals surface area (Å²) in [7, 11) is 0. The van der Waals surface area contributed by atoms with Crippen molar-refractivity contribution in [2.24, 2.45) is 0 Å². The van der Waals surface area contributed by atoms with E-state index >= 15 is 0 Å². The van der Waals surface area contributed by atoms with Gasteiger partial charge in [-0.05, 0) is 23.7 Å². The molecule has 6 nitrogen and oxygen atoms in total. The Balaban J connectivity index is 2.37. The molecular weight excluding hydrogens is 244 g/mol. The fourth-order valence-electron chi connectivity index (χ4n) is 1.34. The van der Waals surface area contributed by atoms with Gasteiger partial charge < -0.3 is 0 Å². The molecule has 0 bridgehead atoms. The van der Waals surface area contributed by atoms with Crippen molar-refractivity contribution in [2.75, 3.05) is 0 Å². The zero-order valence-corrected chi connectivity index (χ0v) is 9.33.